The summed E-state index contributed by atoms with van der Waals surface area (Å²) in [6, 6.07) is 1.36. The molecule has 1 rings (SSSR count). The first-order valence-electron chi connectivity index (χ1n) is 3.68. The number of aliphatic hydroxyl groups is 1. The van der Waals surface area contributed by atoms with E-state index in [4.69, 9.17) is 22.4 Å². The molecule has 0 aromatic carbocycles. The van der Waals surface area contributed by atoms with Gasteiger partial charge in [0.15, 0.2) is 0 Å². The first-order valence-corrected chi connectivity index (χ1v) is 4.06. The molecule has 13 heavy (non-hydrogen) atoms. The maximum atomic E-state index is 12.6. The Labute approximate surface area is 80.3 Å². The summed E-state index contributed by atoms with van der Waals surface area (Å²) in [4.78, 5) is 3.40. The number of aliphatic hydroxyl groups excluding tert-OH is 1. The molecule has 0 bridgehead atoms. The molecule has 1 heterocycles. The molecule has 1 atom stereocenters. The smallest absolute Gasteiger partial charge is 0.231 e. The maximum absolute atomic E-state index is 12.6. The number of nitrogens with zero attached hydrogens (tertiary/aromatic N) is 1. The Morgan fingerprint density at radius 3 is 2.85 bits per heavy atom. The zero-order chi connectivity index (χ0) is 10.1. The fourth-order valence-corrected chi connectivity index (χ4v) is 0.991. The summed E-state index contributed by atoms with van der Waals surface area (Å²) in [5.74, 6) is -0.737. The summed E-state index contributed by atoms with van der Waals surface area (Å²) >= 11 is 5.50. The number of rotatable bonds is 2. The van der Waals surface area contributed by atoms with Crippen molar-refractivity contribution in [1.29, 1.82) is 0 Å². The summed E-state index contributed by atoms with van der Waals surface area (Å²) < 4.78 is 12.6. The molecule has 5 heteroatoms. The van der Waals surface area contributed by atoms with Crippen molar-refractivity contribution in [3.05, 3.63) is 28.8 Å². The van der Waals surface area contributed by atoms with Gasteiger partial charge < -0.3 is 10.8 Å². The number of hydrogen-bond acceptors (Lipinski definition) is 3. The van der Waals surface area contributed by atoms with Crippen LogP contribution in [0.2, 0.25) is 5.02 Å². The van der Waals surface area contributed by atoms with E-state index in [-0.39, 0.29) is 11.6 Å². The van der Waals surface area contributed by atoms with E-state index in [0.29, 0.717) is 5.56 Å². The van der Waals surface area contributed by atoms with Gasteiger partial charge in [0.2, 0.25) is 5.95 Å². The summed E-state index contributed by atoms with van der Waals surface area (Å²) in [5.41, 5.74) is 5.25. The molecule has 0 fully saturated rings. The molecule has 0 saturated heterocycles. The van der Waals surface area contributed by atoms with Gasteiger partial charge in [-0.25, -0.2) is 4.98 Å². The average molecular weight is 205 g/mol. The summed E-state index contributed by atoms with van der Waals surface area (Å²) in [6.45, 7) is 1.36. The van der Waals surface area contributed by atoms with Gasteiger partial charge in [0.25, 0.3) is 0 Å². The highest BCUT2D eigenvalue weighted by Gasteiger charge is 2.21. The lowest BCUT2D eigenvalue weighted by Gasteiger charge is -2.21. The zero-order valence-electron chi connectivity index (χ0n) is 7.09. The second-order valence-corrected chi connectivity index (χ2v) is 3.48. The van der Waals surface area contributed by atoms with Crippen molar-refractivity contribution in [1.82, 2.24) is 4.98 Å². The van der Waals surface area contributed by atoms with Gasteiger partial charge >= 0.3 is 0 Å². The van der Waals surface area contributed by atoms with E-state index >= 15 is 0 Å². The highest BCUT2D eigenvalue weighted by Crippen LogP contribution is 2.21. The number of hydrogen-bond donors (Lipinski definition) is 2. The van der Waals surface area contributed by atoms with Crippen LogP contribution in [0.25, 0.3) is 0 Å². The largest absolute Gasteiger partial charge is 0.394 e. The van der Waals surface area contributed by atoms with Crippen molar-refractivity contribution in [3.8, 4) is 0 Å². The molecule has 72 valence electrons. The van der Waals surface area contributed by atoms with Crippen LogP contribution in [-0.4, -0.2) is 16.7 Å². The van der Waals surface area contributed by atoms with E-state index in [1.807, 2.05) is 0 Å². The third kappa shape index (κ3) is 2.15. The quantitative estimate of drug-likeness (QED) is 0.708. The van der Waals surface area contributed by atoms with Crippen molar-refractivity contribution in [3.63, 3.8) is 0 Å². The number of aromatic nitrogens is 1. The van der Waals surface area contributed by atoms with Gasteiger partial charge in [0.1, 0.15) is 0 Å². The first-order chi connectivity index (χ1) is 5.97. The first kappa shape index (κ1) is 10.4. The molecule has 0 unspecified atom stereocenters. The van der Waals surface area contributed by atoms with E-state index in [2.05, 4.69) is 4.98 Å². The van der Waals surface area contributed by atoms with Crippen molar-refractivity contribution in [2.24, 2.45) is 5.73 Å². The van der Waals surface area contributed by atoms with Crippen LogP contribution in [0.4, 0.5) is 4.39 Å². The van der Waals surface area contributed by atoms with Gasteiger partial charge in [-0.15, -0.1) is 0 Å². The summed E-state index contributed by atoms with van der Waals surface area (Å²) in [5, 5.41) is 8.82. The highest BCUT2D eigenvalue weighted by molar-refractivity contribution is 6.30. The maximum Gasteiger partial charge on any atom is 0.231 e. The van der Waals surface area contributed by atoms with Crippen molar-refractivity contribution in [2.75, 3.05) is 6.61 Å². The molecule has 0 aliphatic carbocycles. The fraction of sp³-hybridized carbons (Fsp3) is 0.375. The molecule has 0 amide bonds. The molecule has 3 nitrogen and oxygen atoms in total. The molecule has 1 aromatic rings. The van der Waals surface area contributed by atoms with E-state index in [0.717, 1.165) is 0 Å². The van der Waals surface area contributed by atoms with Gasteiger partial charge in [0, 0.05) is 6.20 Å². The Bertz CT molecular complexity index is 317. The minimum Gasteiger partial charge on any atom is -0.394 e. The zero-order valence-corrected chi connectivity index (χ0v) is 7.85. The fourth-order valence-electron chi connectivity index (χ4n) is 0.825. The predicted octanol–water partition coefficient (Wildman–Crippen LogP) is 1.04. The van der Waals surface area contributed by atoms with Crippen LogP contribution >= 0.6 is 11.6 Å². The van der Waals surface area contributed by atoms with E-state index in [1.165, 1.54) is 12.3 Å². The Morgan fingerprint density at radius 1 is 1.77 bits per heavy atom. The van der Waals surface area contributed by atoms with Crippen LogP contribution in [0, 0.1) is 5.95 Å². The summed E-state index contributed by atoms with van der Waals surface area (Å²) in [6.07, 6.45) is 1.26. The second kappa shape index (κ2) is 3.57. The van der Waals surface area contributed by atoms with Gasteiger partial charge in [0.05, 0.1) is 17.2 Å². The normalized spacial score (nSPS) is 15.5. The molecule has 0 aliphatic heterocycles. The van der Waals surface area contributed by atoms with Crippen LogP contribution in [0.15, 0.2) is 12.3 Å². The molecule has 1 aromatic heterocycles. The second-order valence-electron chi connectivity index (χ2n) is 3.07. The highest BCUT2D eigenvalue weighted by atomic mass is 35.5. The Morgan fingerprint density at radius 2 is 2.38 bits per heavy atom. The molecule has 3 N–H and O–H groups in total. The van der Waals surface area contributed by atoms with E-state index in [9.17, 15) is 4.39 Å². The number of halogens is 2. The molecular weight excluding hydrogens is 195 g/mol. The van der Waals surface area contributed by atoms with Crippen LogP contribution in [0.5, 0.6) is 0 Å². The Hall–Kier alpha value is -0.710. The van der Waals surface area contributed by atoms with Gasteiger partial charge in [-0.1, -0.05) is 11.6 Å². The lowest BCUT2D eigenvalue weighted by Crippen LogP contribution is -2.37. The molecular formula is C8H10ClFN2O. The van der Waals surface area contributed by atoms with Crippen molar-refractivity contribution in [2.45, 2.75) is 12.5 Å². The molecule has 0 radical (unpaired) electrons. The third-order valence-corrected chi connectivity index (χ3v) is 2.05. The topological polar surface area (TPSA) is 59.1 Å². The van der Waals surface area contributed by atoms with Gasteiger partial charge in [-0.2, -0.15) is 4.39 Å². The van der Waals surface area contributed by atoms with Gasteiger partial charge in [-0.3, -0.25) is 0 Å². The van der Waals surface area contributed by atoms with E-state index < -0.39 is 11.5 Å². The Balaban J connectivity index is 3.10. The number of pyridine rings is 1. The summed E-state index contributed by atoms with van der Waals surface area (Å²) in [7, 11) is 0. The standard InChI is InChI=1S/C8H10ClFN2O/c1-8(11,4-13)5-2-6(9)7(10)12-3-5/h2-3,13H,4,11H2,1H3/t8-/m0/s1. The van der Waals surface area contributed by atoms with Crippen LogP contribution in [0.1, 0.15) is 12.5 Å². The SMILES string of the molecule is C[C@](N)(CO)c1cnc(F)c(Cl)c1. The minimum atomic E-state index is -0.940. The molecule has 0 aliphatic rings. The molecule has 0 spiro atoms. The predicted molar refractivity (Wildman–Crippen MR) is 47.8 cm³/mol. The average Bonchev–Trinajstić information content (AvgIpc) is 2.09. The molecule has 0 saturated carbocycles. The van der Waals surface area contributed by atoms with E-state index in [1.54, 1.807) is 6.92 Å². The van der Waals surface area contributed by atoms with Crippen LogP contribution < -0.4 is 5.73 Å². The minimum absolute atomic E-state index is 0.0948. The van der Waals surface area contributed by atoms with Crippen LogP contribution in [0.3, 0.4) is 0 Å². The van der Waals surface area contributed by atoms with Crippen LogP contribution in [-0.2, 0) is 5.54 Å². The monoisotopic (exact) mass is 204 g/mol. The van der Waals surface area contributed by atoms with Crippen molar-refractivity contribution < 1.29 is 9.50 Å². The number of nitrogens with two attached hydrogens (primary N) is 1. The Kier molecular flexibility index (Phi) is 2.85. The lowest BCUT2D eigenvalue weighted by molar-refractivity contribution is 0.209. The van der Waals surface area contributed by atoms with Gasteiger partial charge in [-0.05, 0) is 18.6 Å². The third-order valence-electron chi connectivity index (χ3n) is 1.78. The van der Waals surface area contributed by atoms with Crippen molar-refractivity contribution >= 4 is 11.6 Å². The lowest BCUT2D eigenvalue weighted by atomic mass is 9.96.